The predicted octanol–water partition coefficient (Wildman–Crippen LogP) is 14.1. The second kappa shape index (κ2) is 14.4. The molecule has 0 fully saturated rings. The van der Waals surface area contributed by atoms with Gasteiger partial charge in [-0.15, -0.1) is 0 Å². The second-order valence-corrected chi connectivity index (χ2v) is 14.8. The highest BCUT2D eigenvalue weighted by Crippen LogP contribution is 2.45. The van der Waals surface area contributed by atoms with Gasteiger partial charge in [0.2, 0.25) is 0 Å². The van der Waals surface area contributed by atoms with Crippen molar-refractivity contribution >= 4 is 49.3 Å². The van der Waals surface area contributed by atoms with Crippen molar-refractivity contribution in [1.82, 2.24) is 9.13 Å². The Labute approximate surface area is 352 Å². The van der Waals surface area contributed by atoms with Crippen LogP contribution in [0, 0.1) is 40.6 Å². The van der Waals surface area contributed by atoms with Crippen molar-refractivity contribution in [3.8, 4) is 63.0 Å². The van der Waals surface area contributed by atoms with E-state index in [0.29, 0.717) is 39.2 Å². The molecule has 290 valence electrons. The largest absolute Gasteiger partial charge is 0.417 e. The number of nitriles is 3. The van der Waals surface area contributed by atoms with Gasteiger partial charge in [0.15, 0.2) is 5.69 Å². The number of fused-ring (bicyclic) bond motifs is 6. The maximum absolute atomic E-state index is 15.0. The predicted molar refractivity (Wildman–Crippen MR) is 237 cm³/mol. The Morgan fingerprint density at radius 2 is 1.00 bits per heavy atom. The van der Waals surface area contributed by atoms with E-state index in [2.05, 4.69) is 17.0 Å². The van der Waals surface area contributed by atoms with E-state index < -0.39 is 11.7 Å². The molecular formula is C53H27F3N6. The molecule has 10 rings (SSSR count). The zero-order valence-electron chi connectivity index (χ0n) is 32.4. The number of halogens is 3. The Morgan fingerprint density at radius 3 is 1.56 bits per heavy atom. The van der Waals surface area contributed by atoms with Gasteiger partial charge in [-0.1, -0.05) is 97.1 Å². The Hall–Kier alpha value is -8.89. The van der Waals surface area contributed by atoms with Gasteiger partial charge >= 0.3 is 6.18 Å². The average molecular weight is 805 g/mol. The van der Waals surface area contributed by atoms with E-state index in [1.165, 1.54) is 12.1 Å². The van der Waals surface area contributed by atoms with Crippen molar-refractivity contribution < 1.29 is 13.2 Å². The summed E-state index contributed by atoms with van der Waals surface area (Å²) in [5, 5.41) is 34.3. The minimum absolute atomic E-state index is 0.135. The maximum Gasteiger partial charge on any atom is 0.417 e. The molecule has 0 amide bonds. The first-order valence-electron chi connectivity index (χ1n) is 19.5. The fourth-order valence-electron chi connectivity index (χ4n) is 8.78. The van der Waals surface area contributed by atoms with Crippen LogP contribution in [0.25, 0.3) is 93.2 Å². The van der Waals surface area contributed by atoms with Gasteiger partial charge in [-0.25, -0.2) is 4.85 Å². The van der Waals surface area contributed by atoms with Gasteiger partial charge in [0, 0.05) is 21.5 Å². The van der Waals surface area contributed by atoms with E-state index in [4.69, 9.17) is 6.57 Å². The molecule has 8 aromatic carbocycles. The second-order valence-electron chi connectivity index (χ2n) is 14.8. The SMILES string of the molecule is [C-]#[N+]c1ccccc1-c1ccc2c(c1)c1ccccc1n2-c1cc(-c2ccc(C#N)cc2C(F)(F)F)cc(-n2c3ccccc3c3cc(-c4ccccc4C#N)ccc32)c1C#N. The van der Waals surface area contributed by atoms with Crippen molar-refractivity contribution in [1.29, 1.82) is 15.8 Å². The summed E-state index contributed by atoms with van der Waals surface area (Å²) in [6, 6.07) is 55.0. The van der Waals surface area contributed by atoms with Crippen LogP contribution in [0.4, 0.5) is 18.9 Å². The minimum Gasteiger partial charge on any atom is -0.308 e. The fraction of sp³-hybridized carbons (Fsp3) is 0.0189. The van der Waals surface area contributed by atoms with Crippen LogP contribution in [0.2, 0.25) is 0 Å². The molecular weight excluding hydrogens is 778 g/mol. The average Bonchev–Trinajstić information content (AvgIpc) is 3.82. The van der Waals surface area contributed by atoms with Gasteiger partial charge in [-0.05, 0) is 100 Å². The molecule has 0 unspecified atom stereocenters. The van der Waals surface area contributed by atoms with Gasteiger partial charge < -0.3 is 9.13 Å². The van der Waals surface area contributed by atoms with Crippen LogP contribution in [-0.4, -0.2) is 9.13 Å². The molecule has 0 aliphatic heterocycles. The standard InChI is InChI=1S/C53H27F3N6/c1-60-46-15-7-4-12-39(46)34-20-23-50-43(26-34)41-14-6-9-17-48(41)62(50)52-28-36(38-21-18-32(29-57)24-45(38)53(54,55)56)27-51(44(52)31-59)61-47-16-8-5-13-40(47)42-25-33(19-22-49(42)61)37-11-3-2-10-35(37)30-58/h2-28H. The number of alkyl halides is 3. The van der Waals surface area contributed by atoms with Crippen LogP contribution < -0.4 is 0 Å². The summed E-state index contributed by atoms with van der Waals surface area (Å²) < 4.78 is 48.9. The van der Waals surface area contributed by atoms with E-state index in [1.807, 2.05) is 137 Å². The Morgan fingerprint density at radius 1 is 0.468 bits per heavy atom. The molecule has 0 spiro atoms. The van der Waals surface area contributed by atoms with Gasteiger partial charge in [-0.3, -0.25) is 0 Å². The van der Waals surface area contributed by atoms with Crippen molar-refractivity contribution in [3.05, 3.63) is 197 Å². The lowest BCUT2D eigenvalue weighted by molar-refractivity contribution is -0.137. The van der Waals surface area contributed by atoms with Gasteiger partial charge in [0.05, 0.1) is 68.8 Å². The number of hydrogen-bond donors (Lipinski definition) is 0. The Bertz CT molecular complexity index is 3500. The molecule has 0 bridgehead atoms. The lowest BCUT2D eigenvalue weighted by Crippen LogP contribution is -2.09. The van der Waals surface area contributed by atoms with Crippen molar-refractivity contribution in [2.24, 2.45) is 0 Å². The molecule has 9 heteroatoms. The van der Waals surface area contributed by atoms with Gasteiger partial charge in [0.25, 0.3) is 0 Å². The summed E-state index contributed by atoms with van der Waals surface area (Å²) in [6.45, 7) is 7.79. The smallest absolute Gasteiger partial charge is 0.308 e. The summed E-state index contributed by atoms with van der Waals surface area (Å²) in [4.78, 5) is 3.74. The van der Waals surface area contributed by atoms with Gasteiger partial charge in [0.1, 0.15) is 11.6 Å². The first-order valence-corrected chi connectivity index (χ1v) is 19.5. The van der Waals surface area contributed by atoms with E-state index in [1.54, 1.807) is 24.3 Å². The minimum atomic E-state index is -4.82. The van der Waals surface area contributed by atoms with Crippen molar-refractivity contribution in [3.63, 3.8) is 0 Å². The first kappa shape index (κ1) is 37.4. The number of rotatable bonds is 5. The van der Waals surface area contributed by atoms with Crippen molar-refractivity contribution in [2.45, 2.75) is 6.18 Å². The van der Waals surface area contributed by atoms with Crippen molar-refractivity contribution in [2.75, 3.05) is 0 Å². The zero-order chi connectivity index (χ0) is 42.7. The maximum atomic E-state index is 15.0. The van der Waals surface area contributed by atoms with E-state index in [9.17, 15) is 15.8 Å². The lowest BCUT2D eigenvalue weighted by Gasteiger charge is -2.20. The third kappa shape index (κ3) is 5.85. The molecule has 2 aromatic heterocycles. The number of para-hydroxylation sites is 3. The quantitative estimate of drug-likeness (QED) is 0.162. The zero-order valence-corrected chi connectivity index (χ0v) is 32.4. The fourth-order valence-corrected chi connectivity index (χ4v) is 8.78. The van der Waals surface area contributed by atoms with Crippen LogP contribution in [0.3, 0.4) is 0 Å². The number of nitrogens with zero attached hydrogens (tertiary/aromatic N) is 6. The molecule has 62 heavy (non-hydrogen) atoms. The van der Waals surface area contributed by atoms with E-state index in [-0.39, 0.29) is 22.3 Å². The molecule has 10 aromatic rings. The Kier molecular flexibility index (Phi) is 8.70. The van der Waals surface area contributed by atoms with Gasteiger partial charge in [-0.2, -0.15) is 29.0 Å². The summed E-state index contributed by atoms with van der Waals surface area (Å²) in [7, 11) is 0. The molecule has 0 radical (unpaired) electrons. The number of hydrogen-bond acceptors (Lipinski definition) is 3. The number of aromatic nitrogens is 2. The summed E-state index contributed by atoms with van der Waals surface area (Å²) in [6.07, 6.45) is -4.82. The molecule has 0 N–H and O–H groups in total. The summed E-state index contributed by atoms with van der Waals surface area (Å²) in [5.41, 5.74) is 6.81. The van der Waals surface area contributed by atoms with Crippen LogP contribution >= 0.6 is 0 Å². The highest BCUT2D eigenvalue weighted by atomic mass is 19.4. The van der Waals surface area contributed by atoms with Crippen LogP contribution in [0.15, 0.2) is 164 Å². The van der Waals surface area contributed by atoms with Crippen LogP contribution in [-0.2, 0) is 6.18 Å². The normalized spacial score (nSPS) is 11.4. The molecule has 6 nitrogen and oxygen atoms in total. The third-order valence-corrected chi connectivity index (χ3v) is 11.5. The van der Waals surface area contributed by atoms with Crippen LogP contribution in [0.5, 0.6) is 0 Å². The summed E-state index contributed by atoms with van der Waals surface area (Å²) >= 11 is 0. The topological polar surface area (TPSA) is 85.6 Å². The van der Waals surface area contributed by atoms with Crippen LogP contribution in [0.1, 0.15) is 22.3 Å². The number of benzene rings is 8. The summed E-state index contributed by atoms with van der Waals surface area (Å²) in [5.74, 6) is 0. The van der Waals surface area contributed by atoms with E-state index in [0.717, 1.165) is 55.4 Å². The third-order valence-electron chi connectivity index (χ3n) is 11.5. The monoisotopic (exact) mass is 804 g/mol. The van der Waals surface area contributed by atoms with E-state index >= 15 is 13.2 Å². The molecule has 0 aliphatic rings. The molecule has 2 heterocycles. The highest BCUT2D eigenvalue weighted by molar-refractivity contribution is 6.13. The molecule has 0 saturated carbocycles. The molecule has 0 aliphatic carbocycles. The lowest BCUT2D eigenvalue weighted by atomic mass is 9.94. The molecule has 0 saturated heterocycles. The molecule has 0 atom stereocenters. The highest BCUT2D eigenvalue weighted by Gasteiger charge is 2.35. The first-order chi connectivity index (χ1) is 30.2. The Balaban J connectivity index is 1.33.